The molecule has 0 amide bonds. The Morgan fingerprint density at radius 3 is 2.56 bits per heavy atom. The van der Waals surface area contributed by atoms with E-state index in [1.54, 1.807) is 30.2 Å². The standard InChI is InChI=1S/C22H19F2N3/c1-16(12-14-26(3)22-15-18(23)9-10-20(22)24)17(2)21-11-13-25-27(21)19-7-5-4-6-8-19/h4-15H,1-2H2,3H3/b14-12-. The van der Waals surface area contributed by atoms with Crippen LogP contribution in [0.25, 0.3) is 11.3 Å². The fourth-order valence-corrected chi connectivity index (χ4v) is 2.61. The van der Waals surface area contributed by atoms with E-state index < -0.39 is 11.6 Å². The minimum Gasteiger partial charge on any atom is -0.349 e. The van der Waals surface area contributed by atoms with Gasteiger partial charge in [0.2, 0.25) is 0 Å². The SMILES string of the molecule is C=C(/C=C\N(C)c1cc(F)ccc1F)C(=C)c1ccnn1-c1ccccc1. The van der Waals surface area contributed by atoms with Crippen molar-refractivity contribution in [2.45, 2.75) is 0 Å². The minimum atomic E-state index is -0.504. The van der Waals surface area contributed by atoms with Crippen LogP contribution in [0.5, 0.6) is 0 Å². The van der Waals surface area contributed by atoms with E-state index >= 15 is 0 Å². The average molecular weight is 363 g/mol. The Balaban J connectivity index is 1.79. The van der Waals surface area contributed by atoms with Crippen LogP contribution in [0.1, 0.15) is 5.69 Å². The topological polar surface area (TPSA) is 21.1 Å². The average Bonchev–Trinajstić information content (AvgIpc) is 3.17. The zero-order valence-corrected chi connectivity index (χ0v) is 14.9. The number of halogens is 2. The van der Waals surface area contributed by atoms with Crippen molar-refractivity contribution in [3.8, 4) is 5.69 Å². The lowest BCUT2D eigenvalue weighted by molar-refractivity contribution is 0.600. The van der Waals surface area contributed by atoms with E-state index in [4.69, 9.17) is 0 Å². The largest absolute Gasteiger partial charge is 0.349 e. The molecule has 1 heterocycles. The quantitative estimate of drug-likeness (QED) is 0.549. The molecule has 0 saturated heterocycles. The molecule has 0 saturated carbocycles. The number of rotatable bonds is 6. The summed E-state index contributed by atoms with van der Waals surface area (Å²) in [7, 11) is 1.64. The minimum absolute atomic E-state index is 0.138. The Labute approximate surface area is 157 Å². The fourth-order valence-electron chi connectivity index (χ4n) is 2.61. The number of para-hydroxylation sites is 1. The van der Waals surface area contributed by atoms with Gasteiger partial charge in [-0.3, -0.25) is 0 Å². The number of aromatic nitrogens is 2. The van der Waals surface area contributed by atoms with Gasteiger partial charge in [-0.05, 0) is 47.6 Å². The van der Waals surface area contributed by atoms with Gasteiger partial charge in [0.25, 0.3) is 0 Å². The zero-order valence-electron chi connectivity index (χ0n) is 14.9. The van der Waals surface area contributed by atoms with E-state index in [1.807, 2.05) is 36.4 Å². The van der Waals surface area contributed by atoms with Crippen LogP contribution in [0.2, 0.25) is 0 Å². The molecule has 5 heteroatoms. The van der Waals surface area contributed by atoms with Crippen LogP contribution in [0.15, 0.2) is 91.8 Å². The van der Waals surface area contributed by atoms with Gasteiger partial charge in [0.15, 0.2) is 0 Å². The molecule has 0 radical (unpaired) electrons. The number of hydrogen-bond donors (Lipinski definition) is 0. The van der Waals surface area contributed by atoms with E-state index in [-0.39, 0.29) is 5.69 Å². The Morgan fingerprint density at radius 2 is 1.81 bits per heavy atom. The van der Waals surface area contributed by atoms with Crippen molar-refractivity contribution >= 4 is 11.3 Å². The summed E-state index contributed by atoms with van der Waals surface area (Å²) in [6, 6.07) is 14.9. The maximum atomic E-state index is 13.9. The summed E-state index contributed by atoms with van der Waals surface area (Å²) in [5.74, 6) is -1.00. The molecule has 2 aromatic carbocycles. The van der Waals surface area contributed by atoms with Crippen molar-refractivity contribution in [2.75, 3.05) is 11.9 Å². The van der Waals surface area contributed by atoms with Crippen LogP contribution in [-0.2, 0) is 0 Å². The van der Waals surface area contributed by atoms with E-state index in [0.29, 0.717) is 11.1 Å². The summed E-state index contributed by atoms with van der Waals surface area (Å²) in [4.78, 5) is 1.49. The molecular formula is C22H19F2N3. The van der Waals surface area contributed by atoms with Gasteiger partial charge in [0.05, 0.1) is 23.3 Å². The maximum absolute atomic E-state index is 13.9. The Hall–Kier alpha value is -3.47. The lowest BCUT2D eigenvalue weighted by atomic mass is 10.1. The summed E-state index contributed by atoms with van der Waals surface area (Å²) in [5, 5.41) is 4.34. The van der Waals surface area contributed by atoms with Crippen LogP contribution in [0, 0.1) is 11.6 Å². The smallest absolute Gasteiger partial charge is 0.147 e. The molecule has 0 atom stereocenters. The Kier molecular flexibility index (Phi) is 5.31. The summed E-state index contributed by atoms with van der Waals surface area (Å²) in [6.07, 6.45) is 5.02. The van der Waals surface area contributed by atoms with Gasteiger partial charge < -0.3 is 4.90 Å². The van der Waals surface area contributed by atoms with Crippen LogP contribution in [0.3, 0.4) is 0 Å². The summed E-state index contributed by atoms with van der Waals surface area (Å²) < 4.78 is 29.0. The molecule has 0 aliphatic rings. The van der Waals surface area contributed by atoms with Crippen molar-refractivity contribution in [2.24, 2.45) is 0 Å². The van der Waals surface area contributed by atoms with E-state index in [2.05, 4.69) is 18.3 Å². The molecule has 0 aliphatic heterocycles. The molecule has 0 bridgehead atoms. The molecule has 0 spiro atoms. The summed E-state index contributed by atoms with van der Waals surface area (Å²) >= 11 is 0. The Bertz CT molecular complexity index is 1000. The lowest BCUT2D eigenvalue weighted by Crippen LogP contribution is -2.10. The van der Waals surface area contributed by atoms with E-state index in [9.17, 15) is 8.78 Å². The second kappa shape index (κ2) is 7.83. The monoisotopic (exact) mass is 363 g/mol. The van der Waals surface area contributed by atoms with Gasteiger partial charge >= 0.3 is 0 Å². The third kappa shape index (κ3) is 4.03. The molecule has 27 heavy (non-hydrogen) atoms. The highest BCUT2D eigenvalue weighted by molar-refractivity contribution is 5.78. The molecule has 0 unspecified atom stereocenters. The highest BCUT2D eigenvalue weighted by Gasteiger charge is 2.11. The zero-order chi connectivity index (χ0) is 19.4. The summed E-state index contributed by atoms with van der Waals surface area (Å²) in [5.41, 5.74) is 3.17. The van der Waals surface area contributed by atoms with Gasteiger partial charge in [0, 0.05) is 19.3 Å². The first-order valence-corrected chi connectivity index (χ1v) is 8.31. The van der Waals surface area contributed by atoms with Crippen LogP contribution in [-0.4, -0.2) is 16.8 Å². The second-order valence-corrected chi connectivity index (χ2v) is 5.99. The second-order valence-electron chi connectivity index (χ2n) is 5.99. The van der Waals surface area contributed by atoms with Crippen molar-refractivity contribution in [1.29, 1.82) is 0 Å². The third-order valence-corrected chi connectivity index (χ3v) is 4.13. The highest BCUT2D eigenvalue weighted by Crippen LogP contribution is 2.24. The number of anilines is 1. The van der Waals surface area contributed by atoms with Gasteiger partial charge in [-0.15, -0.1) is 0 Å². The number of nitrogens with zero attached hydrogens (tertiary/aromatic N) is 3. The maximum Gasteiger partial charge on any atom is 0.147 e. The number of allylic oxidation sites excluding steroid dienone is 3. The van der Waals surface area contributed by atoms with Crippen molar-refractivity contribution < 1.29 is 8.78 Å². The fraction of sp³-hybridized carbons (Fsp3) is 0.0455. The molecule has 3 aromatic rings. The molecule has 136 valence electrons. The van der Waals surface area contributed by atoms with Gasteiger partial charge in [0.1, 0.15) is 11.6 Å². The summed E-state index contributed by atoms with van der Waals surface area (Å²) in [6.45, 7) is 8.13. The first-order valence-electron chi connectivity index (χ1n) is 8.31. The normalized spacial score (nSPS) is 10.9. The molecule has 1 aromatic heterocycles. The lowest BCUT2D eigenvalue weighted by Gasteiger charge is -2.16. The molecule has 0 aliphatic carbocycles. The van der Waals surface area contributed by atoms with Gasteiger partial charge in [-0.25, -0.2) is 13.5 Å². The first-order chi connectivity index (χ1) is 13.0. The van der Waals surface area contributed by atoms with Crippen LogP contribution in [0.4, 0.5) is 14.5 Å². The molecule has 0 N–H and O–H groups in total. The van der Waals surface area contributed by atoms with E-state index in [0.717, 1.165) is 29.6 Å². The first kappa shape index (κ1) is 18.3. The third-order valence-electron chi connectivity index (χ3n) is 4.13. The van der Waals surface area contributed by atoms with Gasteiger partial charge in [-0.2, -0.15) is 5.10 Å². The number of hydrogen-bond acceptors (Lipinski definition) is 2. The van der Waals surface area contributed by atoms with Crippen molar-refractivity contribution in [3.63, 3.8) is 0 Å². The number of benzene rings is 2. The van der Waals surface area contributed by atoms with Crippen molar-refractivity contribution in [1.82, 2.24) is 9.78 Å². The molecule has 0 fully saturated rings. The Morgan fingerprint density at radius 1 is 1.07 bits per heavy atom. The van der Waals surface area contributed by atoms with Crippen LogP contribution < -0.4 is 4.90 Å². The predicted octanol–water partition coefficient (Wildman–Crippen LogP) is 5.37. The highest BCUT2D eigenvalue weighted by atomic mass is 19.1. The molecular weight excluding hydrogens is 344 g/mol. The van der Waals surface area contributed by atoms with Crippen molar-refractivity contribution in [3.05, 3.63) is 109 Å². The predicted molar refractivity (Wildman–Crippen MR) is 106 cm³/mol. The van der Waals surface area contributed by atoms with E-state index in [1.165, 1.54) is 4.90 Å². The molecule has 3 rings (SSSR count). The van der Waals surface area contributed by atoms with Crippen LogP contribution >= 0.6 is 0 Å². The van der Waals surface area contributed by atoms with Gasteiger partial charge in [-0.1, -0.05) is 31.4 Å². The molecule has 3 nitrogen and oxygen atoms in total.